The molecular weight excluding hydrogens is 337 g/mol. The molecule has 0 aliphatic heterocycles. The zero-order chi connectivity index (χ0) is 10.3. The third-order valence-corrected chi connectivity index (χ3v) is 11.8. The number of Topliss-reactive ketones (excluding diaryl/α,β-unsaturated/α-hetero) is 1. The van der Waals surface area contributed by atoms with Gasteiger partial charge in [0.05, 0.1) is 0 Å². The van der Waals surface area contributed by atoms with Crippen molar-refractivity contribution in [2.24, 2.45) is 5.41 Å². The summed E-state index contributed by atoms with van der Waals surface area (Å²) in [4.78, 5) is 11.9. The molecule has 1 unspecified atom stereocenters. The summed E-state index contributed by atoms with van der Waals surface area (Å²) >= 11 is -3.56. The minimum absolute atomic E-state index is 0.176. The molecule has 0 amide bonds. The van der Waals surface area contributed by atoms with Crippen LogP contribution in [0.5, 0.6) is 0 Å². The van der Waals surface area contributed by atoms with Gasteiger partial charge in [0, 0.05) is 0 Å². The van der Waals surface area contributed by atoms with Gasteiger partial charge in [0.1, 0.15) is 0 Å². The van der Waals surface area contributed by atoms with E-state index in [1.807, 2.05) is 13.8 Å². The number of hydrogen-bond donors (Lipinski definition) is 0. The predicted molar refractivity (Wildman–Crippen MR) is 59.7 cm³/mol. The quantitative estimate of drug-likeness (QED) is 0.658. The molecule has 1 atom stereocenters. The molecule has 1 aliphatic carbocycles. The van der Waals surface area contributed by atoms with Crippen molar-refractivity contribution in [3.05, 3.63) is 0 Å². The zero-order valence-corrected chi connectivity index (χ0v) is 12.9. The fraction of sp³-hybridized carbons (Fsp3) is 0.875. The van der Waals surface area contributed by atoms with Crippen LogP contribution in [-0.4, -0.2) is 20.8 Å². The maximum atomic E-state index is 11.9. The van der Waals surface area contributed by atoms with Gasteiger partial charge in [-0.25, -0.2) is 0 Å². The fourth-order valence-electron chi connectivity index (χ4n) is 1.79. The first-order valence-electron chi connectivity index (χ1n) is 4.36. The Hall–Kier alpha value is 1.34. The first-order chi connectivity index (χ1) is 5.75. The van der Waals surface area contributed by atoms with Crippen LogP contribution in [-0.2, 0) is 4.79 Å². The van der Waals surface area contributed by atoms with Crippen molar-refractivity contribution in [2.75, 3.05) is 0 Å². The normalized spacial score (nSPS) is 29.0. The molecule has 76 valence electrons. The van der Waals surface area contributed by atoms with Crippen LogP contribution in [0.2, 0.25) is 3.93 Å². The van der Waals surface area contributed by atoms with Crippen LogP contribution >= 0.6 is 26.8 Å². The molecule has 5 heteroatoms. The van der Waals surface area contributed by atoms with Gasteiger partial charge in [-0.05, 0) is 0 Å². The maximum absolute atomic E-state index is 11.9. The molecule has 0 N–H and O–H groups in total. The van der Waals surface area contributed by atoms with E-state index in [0.29, 0.717) is 0 Å². The van der Waals surface area contributed by atoms with Gasteiger partial charge in [-0.15, -0.1) is 0 Å². The number of halogens is 3. The number of ketones is 1. The number of rotatable bonds is 1. The van der Waals surface area contributed by atoms with Crippen LogP contribution in [0.4, 0.5) is 0 Å². The summed E-state index contributed by atoms with van der Waals surface area (Å²) in [6.45, 7) is 3.90. The van der Waals surface area contributed by atoms with E-state index in [0.717, 1.165) is 19.3 Å². The van der Waals surface area contributed by atoms with Gasteiger partial charge >= 0.3 is 94.8 Å². The summed E-state index contributed by atoms with van der Waals surface area (Å²) < 4.78 is -0.219. The van der Waals surface area contributed by atoms with Gasteiger partial charge in [-0.1, -0.05) is 0 Å². The molecule has 1 saturated carbocycles. The standard InChI is InChI=1S/C8H13O.3ClH.Sn/c1-8(2)6-4-3-5-7(8)9;;;;/h5H,3-4,6H2,1-2H3;3*1H;/q;;;;+3/p-3. The second-order valence-electron chi connectivity index (χ2n) is 4.23. The Bertz CT molecular complexity index is 222. The number of hydrogen-bond acceptors (Lipinski definition) is 1. The van der Waals surface area contributed by atoms with Gasteiger partial charge in [0.15, 0.2) is 0 Å². The Morgan fingerprint density at radius 1 is 1.38 bits per heavy atom. The summed E-state index contributed by atoms with van der Waals surface area (Å²) in [5, 5.41) is 0. The summed E-state index contributed by atoms with van der Waals surface area (Å²) in [6.07, 6.45) is 2.72. The molecule has 0 aromatic rings. The van der Waals surface area contributed by atoms with Crippen molar-refractivity contribution in [3.8, 4) is 0 Å². The molecule has 0 bridgehead atoms. The molecule has 1 rings (SSSR count). The Morgan fingerprint density at radius 2 is 1.92 bits per heavy atom. The molecule has 0 heterocycles. The Morgan fingerprint density at radius 3 is 2.31 bits per heavy atom. The van der Waals surface area contributed by atoms with Crippen LogP contribution in [0.25, 0.3) is 0 Å². The summed E-state index contributed by atoms with van der Waals surface area (Å²) in [6, 6.07) is 0. The van der Waals surface area contributed by atoms with E-state index in [9.17, 15) is 4.79 Å². The number of carbonyl (C=O) groups excluding carboxylic acids is 1. The molecule has 0 saturated heterocycles. The van der Waals surface area contributed by atoms with E-state index in [-0.39, 0.29) is 15.1 Å². The van der Waals surface area contributed by atoms with Crippen molar-refractivity contribution >= 4 is 47.5 Å². The molecule has 0 spiro atoms. The SMILES string of the molecule is CC1(C)CCC[CH]([Sn]([Cl])([Cl])[Cl])C1=O. The molecule has 13 heavy (non-hydrogen) atoms. The molecular formula is C8H13Cl3OSn. The average Bonchev–Trinajstić information content (AvgIpc) is 1.92. The zero-order valence-electron chi connectivity index (χ0n) is 7.74. The minimum atomic E-state index is -3.56. The molecule has 0 aromatic heterocycles. The van der Waals surface area contributed by atoms with Crippen molar-refractivity contribution in [1.82, 2.24) is 0 Å². The van der Waals surface area contributed by atoms with Crippen molar-refractivity contribution in [2.45, 2.75) is 37.0 Å². The van der Waals surface area contributed by atoms with Gasteiger partial charge < -0.3 is 0 Å². The Labute approximate surface area is 94.1 Å². The Balaban J connectivity index is 2.84. The number of carbonyl (C=O) groups is 1. The second-order valence-corrected chi connectivity index (χ2v) is 25.2. The molecule has 1 fully saturated rings. The van der Waals surface area contributed by atoms with Gasteiger partial charge in [-0.2, -0.15) is 0 Å². The van der Waals surface area contributed by atoms with Gasteiger partial charge in [0.2, 0.25) is 0 Å². The van der Waals surface area contributed by atoms with E-state index >= 15 is 0 Å². The van der Waals surface area contributed by atoms with Gasteiger partial charge in [0.25, 0.3) is 0 Å². The van der Waals surface area contributed by atoms with Crippen molar-refractivity contribution < 1.29 is 4.79 Å². The van der Waals surface area contributed by atoms with E-state index in [4.69, 9.17) is 26.8 Å². The third kappa shape index (κ3) is 2.89. The van der Waals surface area contributed by atoms with E-state index in [1.54, 1.807) is 0 Å². The third-order valence-electron chi connectivity index (χ3n) is 2.67. The summed E-state index contributed by atoms with van der Waals surface area (Å²) in [5.74, 6) is 0.176. The average molecular weight is 350 g/mol. The first-order valence-corrected chi connectivity index (χ1v) is 16.9. The van der Waals surface area contributed by atoms with Crippen LogP contribution in [0.15, 0.2) is 0 Å². The van der Waals surface area contributed by atoms with E-state index in [1.165, 1.54) is 0 Å². The fourth-order valence-corrected chi connectivity index (χ4v) is 9.46. The van der Waals surface area contributed by atoms with Crippen molar-refractivity contribution in [3.63, 3.8) is 0 Å². The topological polar surface area (TPSA) is 17.1 Å². The summed E-state index contributed by atoms with van der Waals surface area (Å²) in [7, 11) is 17.9. The predicted octanol–water partition coefficient (Wildman–Crippen LogP) is 3.79. The van der Waals surface area contributed by atoms with Crippen molar-refractivity contribution in [1.29, 1.82) is 0 Å². The first kappa shape index (κ1) is 12.4. The monoisotopic (exact) mass is 350 g/mol. The summed E-state index contributed by atoms with van der Waals surface area (Å²) in [5.41, 5.74) is -0.274. The van der Waals surface area contributed by atoms with Crippen LogP contribution in [0.3, 0.4) is 0 Å². The van der Waals surface area contributed by atoms with E-state index < -0.39 is 15.0 Å². The van der Waals surface area contributed by atoms with Crippen LogP contribution in [0.1, 0.15) is 33.1 Å². The Kier molecular flexibility index (Phi) is 3.88. The van der Waals surface area contributed by atoms with E-state index in [2.05, 4.69) is 0 Å². The van der Waals surface area contributed by atoms with Crippen LogP contribution in [0, 0.1) is 5.41 Å². The second kappa shape index (κ2) is 4.07. The molecule has 1 nitrogen and oxygen atoms in total. The molecule has 0 radical (unpaired) electrons. The van der Waals surface area contributed by atoms with Gasteiger partial charge in [-0.3, -0.25) is 0 Å². The molecule has 0 aromatic carbocycles. The molecule has 1 aliphatic rings. The van der Waals surface area contributed by atoms with Crippen LogP contribution < -0.4 is 0 Å².